The van der Waals surface area contributed by atoms with Crippen molar-refractivity contribution in [3.63, 3.8) is 0 Å². The van der Waals surface area contributed by atoms with E-state index in [1.165, 1.54) is 49.8 Å². The van der Waals surface area contributed by atoms with Gasteiger partial charge in [0.25, 0.3) is 0 Å². The van der Waals surface area contributed by atoms with E-state index in [1.54, 1.807) is 0 Å². The van der Waals surface area contributed by atoms with Gasteiger partial charge in [0.2, 0.25) is 0 Å². The van der Waals surface area contributed by atoms with Crippen molar-refractivity contribution >= 4 is 0 Å². The number of halogens is 1. The lowest BCUT2D eigenvalue weighted by Gasteiger charge is -2.31. The first kappa shape index (κ1) is 12.6. The van der Waals surface area contributed by atoms with Crippen LogP contribution in [0.3, 0.4) is 0 Å². The van der Waals surface area contributed by atoms with Crippen LogP contribution in [0.5, 0.6) is 0 Å². The van der Waals surface area contributed by atoms with Crippen LogP contribution < -0.4 is 5.32 Å². The Morgan fingerprint density at radius 2 is 1.88 bits per heavy atom. The lowest BCUT2D eigenvalue weighted by molar-refractivity contribution is 0.254. The second-order valence-electron chi connectivity index (χ2n) is 5.07. The highest BCUT2D eigenvalue weighted by molar-refractivity contribution is 5.15. The fourth-order valence-electron chi connectivity index (χ4n) is 2.82. The topological polar surface area (TPSA) is 12.0 Å². The Bertz CT molecular complexity index is 333. The van der Waals surface area contributed by atoms with Gasteiger partial charge in [0.05, 0.1) is 0 Å². The molecule has 94 valence electrons. The molecule has 1 fully saturated rings. The second-order valence-corrected chi connectivity index (χ2v) is 5.07. The van der Waals surface area contributed by atoms with Crippen molar-refractivity contribution in [3.05, 3.63) is 35.6 Å². The highest BCUT2D eigenvalue weighted by atomic mass is 19.1. The van der Waals surface area contributed by atoms with Gasteiger partial charge in [0.15, 0.2) is 0 Å². The summed E-state index contributed by atoms with van der Waals surface area (Å²) in [6.07, 6.45) is 6.64. The quantitative estimate of drug-likeness (QED) is 0.835. The molecule has 2 heteroatoms. The lowest BCUT2D eigenvalue weighted by atomic mass is 9.83. The number of hydrogen-bond donors (Lipinski definition) is 1. The van der Waals surface area contributed by atoms with E-state index in [9.17, 15) is 4.39 Å². The summed E-state index contributed by atoms with van der Waals surface area (Å²) in [7, 11) is 0. The van der Waals surface area contributed by atoms with Crippen LogP contribution in [0.2, 0.25) is 0 Å². The van der Waals surface area contributed by atoms with E-state index < -0.39 is 0 Å². The third-order valence-corrected chi connectivity index (χ3v) is 3.92. The number of nitrogens with one attached hydrogen (secondary N) is 1. The van der Waals surface area contributed by atoms with Crippen LogP contribution in [0.15, 0.2) is 24.3 Å². The van der Waals surface area contributed by atoms with Gasteiger partial charge in [0, 0.05) is 12.6 Å². The van der Waals surface area contributed by atoms with Crippen molar-refractivity contribution < 1.29 is 4.39 Å². The average Bonchev–Trinajstić information content (AvgIpc) is 2.38. The molecule has 1 aliphatic carbocycles. The van der Waals surface area contributed by atoms with Gasteiger partial charge in [-0.25, -0.2) is 4.39 Å². The Kier molecular flexibility index (Phi) is 4.55. The summed E-state index contributed by atoms with van der Waals surface area (Å²) in [5.41, 5.74) is 1.17. The lowest BCUT2D eigenvalue weighted by Crippen LogP contribution is -2.37. The van der Waals surface area contributed by atoms with Gasteiger partial charge < -0.3 is 5.32 Å². The smallest absolute Gasteiger partial charge is 0.123 e. The molecule has 1 aliphatic rings. The number of rotatable bonds is 4. The van der Waals surface area contributed by atoms with Crippen molar-refractivity contribution in [1.29, 1.82) is 0 Å². The third-order valence-electron chi connectivity index (χ3n) is 3.92. The van der Waals surface area contributed by atoms with Gasteiger partial charge in [-0.05, 0) is 36.5 Å². The Morgan fingerprint density at radius 1 is 1.18 bits per heavy atom. The van der Waals surface area contributed by atoms with Crippen LogP contribution in [0.4, 0.5) is 4.39 Å². The van der Waals surface area contributed by atoms with E-state index in [-0.39, 0.29) is 5.82 Å². The first-order valence-corrected chi connectivity index (χ1v) is 6.77. The third kappa shape index (κ3) is 3.53. The molecular weight excluding hydrogens is 213 g/mol. The maximum absolute atomic E-state index is 12.8. The van der Waals surface area contributed by atoms with Gasteiger partial charge in [-0.15, -0.1) is 0 Å². The maximum Gasteiger partial charge on any atom is 0.123 e. The fraction of sp³-hybridized carbons (Fsp3) is 0.600. The molecule has 2 atom stereocenters. The zero-order chi connectivity index (χ0) is 12.1. The van der Waals surface area contributed by atoms with Crippen LogP contribution in [0, 0.1) is 11.7 Å². The van der Waals surface area contributed by atoms with E-state index in [4.69, 9.17) is 0 Å². The molecule has 0 heterocycles. The monoisotopic (exact) mass is 235 g/mol. The van der Waals surface area contributed by atoms with Gasteiger partial charge in [-0.3, -0.25) is 0 Å². The van der Waals surface area contributed by atoms with Crippen molar-refractivity contribution in [3.8, 4) is 0 Å². The highest BCUT2D eigenvalue weighted by Gasteiger charge is 2.22. The van der Waals surface area contributed by atoms with Crippen molar-refractivity contribution in [2.45, 2.75) is 51.6 Å². The maximum atomic E-state index is 12.8. The van der Waals surface area contributed by atoms with Crippen molar-refractivity contribution in [2.24, 2.45) is 5.92 Å². The predicted molar refractivity (Wildman–Crippen MR) is 69.3 cm³/mol. The summed E-state index contributed by atoms with van der Waals surface area (Å²) < 4.78 is 12.8. The van der Waals surface area contributed by atoms with Crippen molar-refractivity contribution in [1.82, 2.24) is 5.32 Å². The first-order valence-electron chi connectivity index (χ1n) is 6.77. The van der Waals surface area contributed by atoms with E-state index >= 15 is 0 Å². The summed E-state index contributed by atoms with van der Waals surface area (Å²) in [5, 5.41) is 3.64. The van der Waals surface area contributed by atoms with Gasteiger partial charge in [-0.2, -0.15) is 0 Å². The minimum absolute atomic E-state index is 0.155. The molecule has 1 nitrogen and oxygen atoms in total. The Hall–Kier alpha value is -0.890. The Labute approximate surface area is 103 Å². The summed E-state index contributed by atoms with van der Waals surface area (Å²) >= 11 is 0. The molecule has 1 aromatic rings. The molecule has 1 aromatic carbocycles. The Morgan fingerprint density at radius 3 is 2.59 bits per heavy atom. The van der Waals surface area contributed by atoms with Crippen LogP contribution in [-0.4, -0.2) is 6.04 Å². The molecule has 0 saturated heterocycles. The SMILES string of the molecule is CCC1CCCCC1NCc1ccc(F)cc1. The van der Waals surface area contributed by atoms with E-state index in [1.807, 2.05) is 12.1 Å². The highest BCUT2D eigenvalue weighted by Crippen LogP contribution is 2.26. The molecular formula is C15H22FN. The summed E-state index contributed by atoms with van der Waals surface area (Å²) in [5.74, 6) is 0.669. The van der Waals surface area contributed by atoms with E-state index in [2.05, 4.69) is 12.2 Å². The molecule has 1 saturated carbocycles. The molecule has 2 unspecified atom stereocenters. The number of benzene rings is 1. The zero-order valence-corrected chi connectivity index (χ0v) is 10.6. The minimum atomic E-state index is -0.155. The normalized spacial score (nSPS) is 24.8. The van der Waals surface area contributed by atoms with Gasteiger partial charge in [0.1, 0.15) is 5.82 Å². The molecule has 2 rings (SSSR count). The number of hydrogen-bond acceptors (Lipinski definition) is 1. The molecule has 0 bridgehead atoms. The van der Waals surface area contributed by atoms with Crippen LogP contribution in [0.25, 0.3) is 0 Å². The molecule has 0 amide bonds. The molecule has 0 aliphatic heterocycles. The van der Waals surface area contributed by atoms with Gasteiger partial charge >= 0.3 is 0 Å². The second kappa shape index (κ2) is 6.15. The average molecular weight is 235 g/mol. The molecule has 0 radical (unpaired) electrons. The minimum Gasteiger partial charge on any atom is -0.310 e. The molecule has 1 N–H and O–H groups in total. The molecule has 0 aromatic heterocycles. The zero-order valence-electron chi connectivity index (χ0n) is 10.6. The summed E-state index contributed by atoms with van der Waals surface area (Å²) in [6.45, 7) is 3.14. The Balaban J connectivity index is 1.86. The molecule has 0 spiro atoms. The first-order chi connectivity index (χ1) is 8.29. The standard InChI is InChI=1S/C15H22FN/c1-2-13-5-3-4-6-15(13)17-11-12-7-9-14(16)10-8-12/h7-10,13,15,17H,2-6,11H2,1H3. The predicted octanol–water partition coefficient (Wildman–Crippen LogP) is 3.88. The van der Waals surface area contributed by atoms with E-state index in [0.717, 1.165) is 12.5 Å². The van der Waals surface area contributed by atoms with Gasteiger partial charge in [-0.1, -0.05) is 38.3 Å². The van der Waals surface area contributed by atoms with Crippen LogP contribution >= 0.6 is 0 Å². The summed E-state index contributed by atoms with van der Waals surface area (Å²) in [4.78, 5) is 0. The fourth-order valence-corrected chi connectivity index (χ4v) is 2.82. The summed E-state index contributed by atoms with van der Waals surface area (Å²) in [6, 6.07) is 7.46. The van der Waals surface area contributed by atoms with Crippen LogP contribution in [0.1, 0.15) is 44.6 Å². The largest absolute Gasteiger partial charge is 0.310 e. The van der Waals surface area contributed by atoms with Crippen molar-refractivity contribution in [2.75, 3.05) is 0 Å². The van der Waals surface area contributed by atoms with Crippen LogP contribution in [-0.2, 0) is 6.54 Å². The van der Waals surface area contributed by atoms with E-state index in [0.29, 0.717) is 6.04 Å². The molecule has 17 heavy (non-hydrogen) atoms.